The van der Waals surface area contributed by atoms with Crippen molar-refractivity contribution in [2.75, 3.05) is 6.61 Å². The Morgan fingerprint density at radius 2 is 2.05 bits per heavy atom. The van der Waals surface area contributed by atoms with Crippen LogP contribution < -0.4 is 10.3 Å². The molecule has 1 saturated heterocycles. The maximum Gasteiger partial charge on any atom is 0.264 e. The Morgan fingerprint density at radius 3 is 2.70 bits per heavy atom. The monoisotopic (exact) mass is 296 g/mol. The predicted octanol–water partition coefficient (Wildman–Crippen LogP) is 0.787. The Morgan fingerprint density at radius 1 is 1.30 bits per heavy atom. The molecule has 2 rings (SSSR count). The Bertz CT molecular complexity index is 578. The van der Waals surface area contributed by atoms with Crippen molar-refractivity contribution in [2.45, 2.75) is 18.9 Å². The third kappa shape index (κ3) is 4.44. The van der Waals surface area contributed by atoms with E-state index in [0.29, 0.717) is 13.0 Å². The molecule has 0 radical (unpaired) electrons. The van der Waals surface area contributed by atoms with E-state index in [4.69, 9.17) is 4.74 Å². The zero-order valence-corrected chi connectivity index (χ0v) is 11.6. The van der Waals surface area contributed by atoms with E-state index >= 15 is 0 Å². The second-order valence-electron chi connectivity index (χ2n) is 4.35. The zero-order valence-electron chi connectivity index (χ0n) is 10.8. The molecule has 108 valence electrons. The number of benzene rings is 1. The van der Waals surface area contributed by atoms with Crippen molar-refractivity contribution < 1.29 is 17.9 Å². The fourth-order valence-corrected chi connectivity index (χ4v) is 2.40. The highest BCUT2D eigenvalue weighted by Gasteiger charge is 2.24. The highest BCUT2D eigenvalue weighted by molar-refractivity contribution is 7.92. The molecule has 1 atom stereocenters. The van der Waals surface area contributed by atoms with E-state index in [0.717, 1.165) is 17.4 Å². The highest BCUT2D eigenvalue weighted by atomic mass is 32.2. The van der Waals surface area contributed by atoms with E-state index in [1.165, 1.54) is 6.08 Å². The molecule has 1 unspecified atom stereocenters. The van der Waals surface area contributed by atoms with E-state index in [2.05, 4.69) is 5.43 Å². The molecule has 0 aromatic heterocycles. The van der Waals surface area contributed by atoms with Gasteiger partial charge in [-0.2, -0.15) is 0 Å². The summed E-state index contributed by atoms with van der Waals surface area (Å²) in [6.45, 7) is 0.527. The lowest BCUT2D eigenvalue weighted by atomic mass is 10.2. The molecular weight excluding hydrogens is 280 g/mol. The Hall–Kier alpha value is -1.70. The SMILES string of the molecule is O=C(NNS(=O)(=O)/C=C/c1ccccc1)C1CCCO1. The number of hydrogen-bond acceptors (Lipinski definition) is 4. The number of carbonyl (C=O) groups is 1. The number of amides is 1. The summed E-state index contributed by atoms with van der Waals surface area (Å²) < 4.78 is 28.5. The second kappa shape index (κ2) is 6.65. The van der Waals surface area contributed by atoms with Crippen molar-refractivity contribution in [3.63, 3.8) is 0 Å². The third-order valence-electron chi connectivity index (χ3n) is 2.78. The van der Waals surface area contributed by atoms with Gasteiger partial charge in [0.05, 0.1) is 0 Å². The highest BCUT2D eigenvalue weighted by Crippen LogP contribution is 2.11. The lowest BCUT2D eigenvalue weighted by Gasteiger charge is -2.10. The van der Waals surface area contributed by atoms with Crippen molar-refractivity contribution in [1.29, 1.82) is 0 Å². The van der Waals surface area contributed by atoms with Gasteiger partial charge in [0.1, 0.15) is 6.10 Å². The normalized spacial score (nSPS) is 19.3. The molecular formula is C13H16N2O4S. The van der Waals surface area contributed by atoms with Gasteiger partial charge in [-0.15, -0.1) is 4.83 Å². The van der Waals surface area contributed by atoms with Crippen molar-refractivity contribution >= 4 is 22.0 Å². The van der Waals surface area contributed by atoms with E-state index in [1.54, 1.807) is 24.3 Å². The van der Waals surface area contributed by atoms with Crippen LogP contribution in [0.25, 0.3) is 6.08 Å². The Balaban J connectivity index is 1.87. The lowest BCUT2D eigenvalue weighted by Crippen LogP contribution is -2.45. The summed E-state index contributed by atoms with van der Waals surface area (Å²) in [5.41, 5.74) is 2.90. The molecule has 1 aromatic carbocycles. The summed E-state index contributed by atoms with van der Waals surface area (Å²) in [7, 11) is -3.72. The molecule has 1 aliphatic heterocycles. The summed E-state index contributed by atoms with van der Waals surface area (Å²) in [6, 6.07) is 9.00. The van der Waals surface area contributed by atoms with Crippen LogP contribution in [0.4, 0.5) is 0 Å². The van der Waals surface area contributed by atoms with Gasteiger partial charge in [0.2, 0.25) is 0 Å². The first kappa shape index (κ1) is 14.7. The van der Waals surface area contributed by atoms with Crippen LogP contribution in [0.2, 0.25) is 0 Å². The number of rotatable bonds is 5. The fourth-order valence-electron chi connectivity index (χ4n) is 1.75. The average molecular weight is 296 g/mol. The predicted molar refractivity (Wildman–Crippen MR) is 74.6 cm³/mol. The van der Waals surface area contributed by atoms with Gasteiger partial charge < -0.3 is 4.74 Å². The van der Waals surface area contributed by atoms with Crippen LogP contribution in [0.3, 0.4) is 0 Å². The van der Waals surface area contributed by atoms with Crippen LogP contribution >= 0.6 is 0 Å². The van der Waals surface area contributed by atoms with Gasteiger partial charge in [-0.1, -0.05) is 30.3 Å². The molecule has 0 saturated carbocycles. The van der Waals surface area contributed by atoms with Gasteiger partial charge >= 0.3 is 0 Å². The van der Waals surface area contributed by atoms with Crippen LogP contribution in [0.1, 0.15) is 18.4 Å². The minimum Gasteiger partial charge on any atom is -0.368 e. The van der Waals surface area contributed by atoms with Crippen molar-refractivity contribution in [1.82, 2.24) is 10.3 Å². The molecule has 0 spiro atoms. The van der Waals surface area contributed by atoms with Crippen LogP contribution in [0, 0.1) is 0 Å². The molecule has 0 bridgehead atoms. The summed E-state index contributed by atoms with van der Waals surface area (Å²) in [6.07, 6.45) is 2.28. The average Bonchev–Trinajstić information content (AvgIpc) is 2.98. The number of hydrazine groups is 1. The van der Waals surface area contributed by atoms with Crippen molar-refractivity contribution in [2.24, 2.45) is 0 Å². The maximum atomic E-state index is 11.7. The van der Waals surface area contributed by atoms with Crippen LogP contribution in [0.5, 0.6) is 0 Å². The van der Waals surface area contributed by atoms with Gasteiger partial charge in [0, 0.05) is 12.0 Å². The van der Waals surface area contributed by atoms with E-state index < -0.39 is 22.0 Å². The van der Waals surface area contributed by atoms with Crippen molar-refractivity contribution in [3.05, 3.63) is 41.3 Å². The molecule has 7 heteroatoms. The summed E-state index contributed by atoms with van der Waals surface area (Å²) in [5, 5.41) is 0.998. The summed E-state index contributed by atoms with van der Waals surface area (Å²) in [4.78, 5) is 13.6. The Kier molecular flexibility index (Phi) is 4.89. The third-order valence-corrected chi connectivity index (χ3v) is 3.66. The quantitative estimate of drug-likeness (QED) is 0.787. The maximum absolute atomic E-state index is 11.7. The standard InChI is InChI=1S/C13H16N2O4S/c16-13(12-7-4-9-19-12)14-15-20(17,18)10-8-11-5-2-1-3-6-11/h1-3,5-6,8,10,12,15H,4,7,9H2,(H,14,16)/b10-8+. The van der Waals surface area contributed by atoms with E-state index in [1.807, 2.05) is 10.9 Å². The summed E-state index contributed by atoms with van der Waals surface area (Å²) in [5.74, 6) is -0.473. The van der Waals surface area contributed by atoms with E-state index in [9.17, 15) is 13.2 Å². The first-order chi connectivity index (χ1) is 9.57. The number of carbonyl (C=O) groups excluding carboxylic acids is 1. The topological polar surface area (TPSA) is 84.5 Å². The zero-order chi connectivity index (χ0) is 14.4. The van der Waals surface area contributed by atoms with Gasteiger partial charge in [-0.25, -0.2) is 8.42 Å². The van der Waals surface area contributed by atoms with Crippen molar-refractivity contribution in [3.8, 4) is 0 Å². The fraction of sp³-hybridized carbons (Fsp3) is 0.308. The molecule has 6 nitrogen and oxygen atoms in total. The molecule has 1 aromatic rings. The van der Waals surface area contributed by atoms with Crippen LogP contribution in [0.15, 0.2) is 35.7 Å². The number of ether oxygens (including phenoxy) is 1. The summed E-state index contributed by atoms with van der Waals surface area (Å²) >= 11 is 0. The molecule has 20 heavy (non-hydrogen) atoms. The first-order valence-electron chi connectivity index (χ1n) is 6.23. The molecule has 0 aliphatic carbocycles. The number of sulfonamides is 1. The first-order valence-corrected chi connectivity index (χ1v) is 7.78. The molecule has 2 N–H and O–H groups in total. The molecule has 1 amide bonds. The molecule has 1 heterocycles. The smallest absolute Gasteiger partial charge is 0.264 e. The largest absolute Gasteiger partial charge is 0.368 e. The molecule has 1 fully saturated rings. The molecule has 1 aliphatic rings. The van der Waals surface area contributed by atoms with Gasteiger partial charge in [0.25, 0.3) is 15.9 Å². The van der Waals surface area contributed by atoms with Crippen LogP contribution in [-0.4, -0.2) is 27.0 Å². The second-order valence-corrected chi connectivity index (χ2v) is 5.92. The minimum atomic E-state index is -3.72. The van der Waals surface area contributed by atoms with Crippen LogP contribution in [-0.2, 0) is 19.6 Å². The number of nitrogens with one attached hydrogen (secondary N) is 2. The number of hydrogen-bond donors (Lipinski definition) is 2. The lowest BCUT2D eigenvalue weighted by molar-refractivity contribution is -0.130. The van der Waals surface area contributed by atoms with Gasteiger partial charge in [0.15, 0.2) is 0 Å². The minimum absolute atomic E-state index is 0.473. The Labute approximate surface area is 117 Å². The van der Waals surface area contributed by atoms with E-state index in [-0.39, 0.29) is 0 Å². The van der Waals surface area contributed by atoms with Gasteiger partial charge in [-0.05, 0) is 24.5 Å². The van der Waals surface area contributed by atoms with Gasteiger partial charge in [-0.3, -0.25) is 10.2 Å².